The summed E-state index contributed by atoms with van der Waals surface area (Å²) in [6.45, 7) is 1.67. The summed E-state index contributed by atoms with van der Waals surface area (Å²) < 4.78 is 0. The third-order valence-electron chi connectivity index (χ3n) is 2.51. The van der Waals surface area contributed by atoms with Crippen molar-refractivity contribution in [2.24, 2.45) is 0 Å². The second-order valence-electron chi connectivity index (χ2n) is 3.86. The zero-order valence-electron chi connectivity index (χ0n) is 9.85. The van der Waals surface area contributed by atoms with Crippen LogP contribution in [0.1, 0.15) is 31.2 Å². The summed E-state index contributed by atoms with van der Waals surface area (Å²) in [4.78, 5) is 22.3. The number of hydrogen-bond donors (Lipinski definition) is 2. The molecule has 1 unspecified atom stereocenters. The van der Waals surface area contributed by atoms with E-state index in [9.17, 15) is 9.59 Å². The summed E-state index contributed by atoms with van der Waals surface area (Å²) in [5, 5.41) is 11.0. The molecule has 2 N–H and O–H groups in total. The molecule has 4 nitrogen and oxygen atoms in total. The van der Waals surface area contributed by atoms with E-state index in [4.69, 9.17) is 5.11 Å². The molecule has 0 bridgehead atoms. The second-order valence-corrected chi connectivity index (χ2v) is 3.86. The lowest BCUT2D eigenvalue weighted by atomic mass is 9.94. The highest BCUT2D eigenvalue weighted by Crippen LogP contribution is 2.21. The lowest BCUT2D eigenvalue weighted by Gasteiger charge is -2.15. The Balaban J connectivity index is 2.72. The van der Waals surface area contributed by atoms with Crippen molar-refractivity contribution in [1.29, 1.82) is 0 Å². The number of benzene rings is 1. The molecule has 0 saturated heterocycles. The molecule has 17 heavy (non-hydrogen) atoms. The Kier molecular flexibility index (Phi) is 5.20. The molecule has 0 aliphatic heterocycles. The molecule has 1 aromatic rings. The van der Waals surface area contributed by atoms with Gasteiger partial charge in [0.2, 0.25) is 5.91 Å². The van der Waals surface area contributed by atoms with Gasteiger partial charge in [0, 0.05) is 0 Å². The van der Waals surface area contributed by atoms with Crippen LogP contribution in [0.3, 0.4) is 0 Å². The van der Waals surface area contributed by atoms with Gasteiger partial charge in [-0.3, -0.25) is 9.59 Å². The molecule has 0 aliphatic carbocycles. The first-order valence-corrected chi connectivity index (χ1v) is 5.69. The molecule has 0 radical (unpaired) electrons. The van der Waals surface area contributed by atoms with E-state index in [1.165, 1.54) is 0 Å². The zero-order valence-corrected chi connectivity index (χ0v) is 9.85. The van der Waals surface area contributed by atoms with Gasteiger partial charge in [0.15, 0.2) is 0 Å². The molecule has 0 heterocycles. The molecule has 1 amide bonds. The van der Waals surface area contributed by atoms with Gasteiger partial charge in [-0.15, -0.1) is 0 Å². The van der Waals surface area contributed by atoms with Crippen molar-refractivity contribution >= 4 is 11.9 Å². The topological polar surface area (TPSA) is 66.4 Å². The normalized spacial score (nSPS) is 11.8. The zero-order chi connectivity index (χ0) is 12.7. The van der Waals surface area contributed by atoms with Gasteiger partial charge in [-0.25, -0.2) is 0 Å². The Morgan fingerprint density at radius 1 is 1.29 bits per heavy atom. The molecule has 0 aromatic heterocycles. The summed E-state index contributed by atoms with van der Waals surface area (Å²) in [5.74, 6) is -1.51. The van der Waals surface area contributed by atoms with Crippen LogP contribution >= 0.6 is 0 Å². The highest BCUT2D eigenvalue weighted by Gasteiger charge is 2.19. The fourth-order valence-electron chi connectivity index (χ4n) is 1.71. The van der Waals surface area contributed by atoms with E-state index >= 15 is 0 Å². The summed E-state index contributed by atoms with van der Waals surface area (Å²) in [5.41, 5.74) is 0.928. The summed E-state index contributed by atoms with van der Waals surface area (Å²) >= 11 is 0. The van der Waals surface area contributed by atoms with Crippen LogP contribution in [-0.2, 0) is 9.59 Å². The minimum atomic E-state index is -1.03. The highest BCUT2D eigenvalue weighted by atomic mass is 16.4. The van der Waals surface area contributed by atoms with Crippen LogP contribution in [0.25, 0.3) is 0 Å². The lowest BCUT2D eigenvalue weighted by molar-refractivity contribution is -0.138. The van der Waals surface area contributed by atoms with Crippen LogP contribution < -0.4 is 5.32 Å². The third-order valence-corrected chi connectivity index (χ3v) is 2.51. The van der Waals surface area contributed by atoms with Crippen molar-refractivity contribution in [3.63, 3.8) is 0 Å². The maximum Gasteiger partial charge on any atom is 0.322 e. The maximum absolute atomic E-state index is 11.9. The Labute approximate surface area is 101 Å². The fourth-order valence-corrected chi connectivity index (χ4v) is 1.71. The number of rotatable bonds is 6. The van der Waals surface area contributed by atoms with Crippen LogP contribution in [0.2, 0.25) is 0 Å². The van der Waals surface area contributed by atoms with E-state index in [1.54, 1.807) is 0 Å². The molecule has 1 aromatic carbocycles. The number of nitrogens with one attached hydrogen (secondary N) is 1. The molecule has 0 saturated carbocycles. The second kappa shape index (κ2) is 6.68. The molecule has 1 rings (SSSR count). The minimum Gasteiger partial charge on any atom is -0.480 e. The minimum absolute atomic E-state index is 0.222. The van der Waals surface area contributed by atoms with Gasteiger partial charge >= 0.3 is 5.97 Å². The van der Waals surface area contributed by atoms with Crippen molar-refractivity contribution in [2.45, 2.75) is 25.7 Å². The summed E-state index contributed by atoms with van der Waals surface area (Å²) in [6.07, 6.45) is 1.59. The Morgan fingerprint density at radius 2 is 1.94 bits per heavy atom. The predicted octanol–water partition coefficient (Wildman–Crippen LogP) is 1.77. The van der Waals surface area contributed by atoms with Gasteiger partial charge in [0.25, 0.3) is 0 Å². The first-order chi connectivity index (χ1) is 8.15. The summed E-state index contributed by atoms with van der Waals surface area (Å²) in [7, 11) is 0. The predicted molar refractivity (Wildman–Crippen MR) is 64.7 cm³/mol. The Bertz CT molecular complexity index is 376. The van der Waals surface area contributed by atoms with Crippen LogP contribution in [0, 0.1) is 0 Å². The molecule has 0 fully saturated rings. The van der Waals surface area contributed by atoms with Crippen molar-refractivity contribution in [2.75, 3.05) is 6.54 Å². The smallest absolute Gasteiger partial charge is 0.322 e. The molecular weight excluding hydrogens is 218 g/mol. The van der Waals surface area contributed by atoms with Crippen LogP contribution in [0.15, 0.2) is 30.3 Å². The molecule has 4 heteroatoms. The SMILES string of the molecule is CCCC(C(=O)NCC(=O)O)c1ccccc1. The Hall–Kier alpha value is -1.84. The average Bonchev–Trinajstić information content (AvgIpc) is 2.34. The molecule has 0 aliphatic rings. The lowest BCUT2D eigenvalue weighted by Crippen LogP contribution is -2.33. The van der Waals surface area contributed by atoms with Crippen LogP contribution in [0.5, 0.6) is 0 Å². The number of carbonyl (C=O) groups is 2. The number of hydrogen-bond acceptors (Lipinski definition) is 2. The largest absolute Gasteiger partial charge is 0.480 e. The van der Waals surface area contributed by atoms with Crippen molar-refractivity contribution in [3.8, 4) is 0 Å². The Morgan fingerprint density at radius 3 is 2.47 bits per heavy atom. The monoisotopic (exact) mass is 235 g/mol. The third kappa shape index (κ3) is 4.26. The van der Waals surface area contributed by atoms with Crippen molar-refractivity contribution < 1.29 is 14.7 Å². The van der Waals surface area contributed by atoms with Crippen LogP contribution in [-0.4, -0.2) is 23.5 Å². The molecule has 92 valence electrons. The van der Waals surface area contributed by atoms with Gasteiger partial charge in [-0.05, 0) is 12.0 Å². The number of amides is 1. The van der Waals surface area contributed by atoms with E-state index in [0.717, 1.165) is 18.4 Å². The number of carboxylic acid groups (broad SMARTS) is 1. The molecule has 1 atom stereocenters. The van der Waals surface area contributed by atoms with Crippen molar-refractivity contribution in [3.05, 3.63) is 35.9 Å². The van der Waals surface area contributed by atoms with Gasteiger partial charge in [-0.2, -0.15) is 0 Å². The quantitative estimate of drug-likeness (QED) is 0.789. The number of carboxylic acids is 1. The van der Waals surface area contributed by atoms with Crippen LogP contribution in [0.4, 0.5) is 0 Å². The van der Waals surface area contributed by atoms with E-state index < -0.39 is 5.97 Å². The van der Waals surface area contributed by atoms with E-state index in [0.29, 0.717) is 0 Å². The van der Waals surface area contributed by atoms with Crippen molar-refractivity contribution in [1.82, 2.24) is 5.32 Å². The van der Waals surface area contributed by atoms with E-state index in [2.05, 4.69) is 5.32 Å². The number of aliphatic carboxylic acids is 1. The molecular formula is C13H17NO3. The van der Waals surface area contributed by atoms with E-state index in [-0.39, 0.29) is 18.4 Å². The van der Waals surface area contributed by atoms with Gasteiger partial charge in [-0.1, -0.05) is 43.7 Å². The molecule has 0 spiro atoms. The number of carbonyl (C=O) groups excluding carboxylic acids is 1. The van der Waals surface area contributed by atoms with Gasteiger partial charge in [0.1, 0.15) is 6.54 Å². The first kappa shape index (κ1) is 13.2. The highest BCUT2D eigenvalue weighted by molar-refractivity contribution is 5.86. The average molecular weight is 235 g/mol. The summed E-state index contributed by atoms with van der Waals surface area (Å²) in [6, 6.07) is 9.42. The fraction of sp³-hybridized carbons (Fsp3) is 0.385. The van der Waals surface area contributed by atoms with E-state index in [1.807, 2.05) is 37.3 Å². The first-order valence-electron chi connectivity index (χ1n) is 5.69. The van der Waals surface area contributed by atoms with Gasteiger partial charge in [0.05, 0.1) is 5.92 Å². The standard InChI is InChI=1S/C13H17NO3/c1-2-6-11(10-7-4-3-5-8-10)13(17)14-9-12(15)16/h3-5,7-8,11H,2,6,9H2,1H3,(H,14,17)(H,15,16). The van der Waals surface area contributed by atoms with Gasteiger partial charge < -0.3 is 10.4 Å². The maximum atomic E-state index is 11.9.